The zero-order valence-corrected chi connectivity index (χ0v) is 20.5. The van der Waals surface area contributed by atoms with Crippen LogP contribution in [0.25, 0.3) is 0 Å². The van der Waals surface area contributed by atoms with E-state index in [4.69, 9.17) is 9.47 Å². The van der Waals surface area contributed by atoms with Crippen LogP contribution in [-0.2, 0) is 17.9 Å². The molecule has 0 aromatic heterocycles. The monoisotopic (exact) mass is 453 g/mol. The van der Waals surface area contributed by atoms with Crippen LogP contribution in [-0.4, -0.2) is 74.1 Å². The van der Waals surface area contributed by atoms with Gasteiger partial charge in [-0.25, -0.2) is 0 Å². The van der Waals surface area contributed by atoms with E-state index < -0.39 is 0 Å². The quantitative estimate of drug-likeness (QED) is 0.661. The molecule has 0 fully saturated rings. The van der Waals surface area contributed by atoms with Gasteiger partial charge < -0.3 is 19.3 Å². The zero-order chi connectivity index (χ0) is 23.5. The second kappa shape index (κ2) is 13.2. The van der Waals surface area contributed by atoms with Crippen LogP contribution in [0.15, 0.2) is 48.5 Å². The molecule has 1 aliphatic heterocycles. The summed E-state index contributed by atoms with van der Waals surface area (Å²) < 4.78 is 12.2. The molecule has 1 amide bonds. The van der Waals surface area contributed by atoms with Gasteiger partial charge in [-0.15, -0.1) is 0 Å². The van der Waals surface area contributed by atoms with Gasteiger partial charge in [0.25, 0.3) is 0 Å². The van der Waals surface area contributed by atoms with Gasteiger partial charge in [0.2, 0.25) is 5.91 Å². The van der Waals surface area contributed by atoms with E-state index in [1.165, 1.54) is 5.56 Å². The molecule has 2 aromatic carbocycles. The number of fused-ring (bicyclic) bond motifs is 1. The molecular weight excluding hydrogens is 414 g/mol. The van der Waals surface area contributed by atoms with Gasteiger partial charge in [-0.05, 0) is 51.9 Å². The lowest BCUT2D eigenvalue weighted by Crippen LogP contribution is -2.42. The van der Waals surface area contributed by atoms with Crippen LogP contribution in [0.4, 0.5) is 0 Å². The highest BCUT2D eigenvalue weighted by Gasteiger charge is 2.19. The van der Waals surface area contributed by atoms with Gasteiger partial charge >= 0.3 is 0 Å². The van der Waals surface area contributed by atoms with E-state index in [-0.39, 0.29) is 5.91 Å². The Morgan fingerprint density at radius 3 is 2.58 bits per heavy atom. The normalized spacial score (nSPS) is 16.2. The minimum absolute atomic E-state index is 0.199. The van der Waals surface area contributed by atoms with Crippen molar-refractivity contribution < 1.29 is 14.3 Å². The van der Waals surface area contributed by atoms with Crippen LogP contribution in [0.2, 0.25) is 0 Å². The van der Waals surface area contributed by atoms with Crippen molar-refractivity contribution in [3.05, 3.63) is 59.7 Å². The second-order valence-electron chi connectivity index (χ2n) is 8.90. The summed E-state index contributed by atoms with van der Waals surface area (Å²) >= 11 is 0. The molecule has 0 spiro atoms. The van der Waals surface area contributed by atoms with Crippen molar-refractivity contribution in [3.63, 3.8) is 0 Å². The van der Waals surface area contributed by atoms with E-state index in [0.717, 1.165) is 69.0 Å². The lowest BCUT2D eigenvalue weighted by Gasteiger charge is -2.29. The number of likely N-dealkylation sites (N-methyl/N-ethyl adjacent to an activating group) is 1. The van der Waals surface area contributed by atoms with Crippen molar-refractivity contribution >= 4 is 5.91 Å². The molecule has 0 saturated carbocycles. The maximum atomic E-state index is 12.9. The summed E-state index contributed by atoms with van der Waals surface area (Å²) in [5.74, 6) is 1.87. The first-order valence-corrected chi connectivity index (χ1v) is 12.1. The Morgan fingerprint density at radius 2 is 1.82 bits per heavy atom. The van der Waals surface area contributed by atoms with Crippen molar-refractivity contribution in [2.45, 2.75) is 39.3 Å². The molecule has 0 aliphatic carbocycles. The summed E-state index contributed by atoms with van der Waals surface area (Å²) in [5, 5.41) is 0. The fourth-order valence-electron chi connectivity index (χ4n) is 4.16. The molecule has 0 N–H and O–H groups in total. The summed E-state index contributed by atoms with van der Waals surface area (Å²) in [7, 11) is 3.90. The Balaban J connectivity index is 1.86. The fourth-order valence-corrected chi connectivity index (χ4v) is 4.16. The molecule has 1 heterocycles. The molecule has 0 bridgehead atoms. The Hall–Kier alpha value is -2.57. The van der Waals surface area contributed by atoms with Crippen LogP contribution >= 0.6 is 0 Å². The summed E-state index contributed by atoms with van der Waals surface area (Å²) in [6.07, 6.45) is 2.98. The number of benzene rings is 2. The third kappa shape index (κ3) is 8.06. The average Bonchev–Trinajstić information content (AvgIpc) is 2.80. The van der Waals surface area contributed by atoms with Gasteiger partial charge in [0.15, 0.2) is 11.5 Å². The number of carbonyl (C=O) groups is 1. The van der Waals surface area contributed by atoms with E-state index in [9.17, 15) is 4.79 Å². The number of ether oxygens (including phenoxy) is 2. The van der Waals surface area contributed by atoms with E-state index >= 15 is 0 Å². The molecule has 6 nitrogen and oxygen atoms in total. The van der Waals surface area contributed by atoms with Gasteiger partial charge in [0.1, 0.15) is 0 Å². The second-order valence-corrected chi connectivity index (χ2v) is 8.90. The Kier molecular flexibility index (Phi) is 10.0. The topological polar surface area (TPSA) is 45.3 Å². The maximum Gasteiger partial charge on any atom is 0.236 e. The minimum Gasteiger partial charge on any atom is -0.490 e. The van der Waals surface area contributed by atoms with E-state index in [1.807, 2.05) is 49.0 Å². The summed E-state index contributed by atoms with van der Waals surface area (Å²) in [5.41, 5.74) is 2.39. The molecule has 3 rings (SSSR count). The van der Waals surface area contributed by atoms with Crippen LogP contribution in [0.1, 0.15) is 37.3 Å². The van der Waals surface area contributed by atoms with Gasteiger partial charge in [-0.3, -0.25) is 9.69 Å². The fraction of sp³-hybridized carbons (Fsp3) is 0.519. The highest BCUT2D eigenvalue weighted by atomic mass is 16.5. The maximum absolute atomic E-state index is 12.9. The van der Waals surface area contributed by atoms with Gasteiger partial charge in [0.05, 0.1) is 19.8 Å². The third-order valence-corrected chi connectivity index (χ3v) is 5.81. The van der Waals surface area contributed by atoms with Crippen molar-refractivity contribution in [1.29, 1.82) is 0 Å². The summed E-state index contributed by atoms with van der Waals surface area (Å²) in [6.45, 7) is 7.58. The zero-order valence-electron chi connectivity index (χ0n) is 20.5. The molecule has 2 aromatic rings. The lowest BCUT2D eigenvalue weighted by molar-refractivity contribution is -0.132. The van der Waals surface area contributed by atoms with Gasteiger partial charge in [-0.2, -0.15) is 0 Å². The molecule has 0 radical (unpaired) electrons. The standard InChI is InChI=1S/C27H39N3O3/c1-4-32-25-15-11-14-24-21-29(20-23-12-7-5-8-13-23)17-18-30(26(31)22-28(2)3)16-9-6-10-19-33-27(24)25/h5,7-8,11-15H,4,6,9-10,16-22H2,1-3H3. The predicted molar refractivity (Wildman–Crippen MR) is 133 cm³/mol. The molecule has 180 valence electrons. The predicted octanol–water partition coefficient (Wildman–Crippen LogP) is 4.04. The van der Waals surface area contributed by atoms with Crippen LogP contribution in [0.3, 0.4) is 0 Å². The molecule has 1 aliphatic rings. The van der Waals surface area contributed by atoms with Crippen LogP contribution < -0.4 is 9.47 Å². The highest BCUT2D eigenvalue weighted by Crippen LogP contribution is 2.33. The van der Waals surface area contributed by atoms with Crippen molar-refractivity contribution in [2.24, 2.45) is 0 Å². The Morgan fingerprint density at radius 1 is 1.00 bits per heavy atom. The van der Waals surface area contributed by atoms with Crippen molar-refractivity contribution in [3.8, 4) is 11.5 Å². The highest BCUT2D eigenvalue weighted by molar-refractivity contribution is 5.78. The Bertz CT molecular complexity index is 857. The number of rotatable bonds is 6. The average molecular weight is 454 g/mol. The molecule has 0 atom stereocenters. The smallest absolute Gasteiger partial charge is 0.236 e. The Labute approximate surface area is 199 Å². The van der Waals surface area contributed by atoms with Crippen LogP contribution in [0, 0.1) is 0 Å². The van der Waals surface area contributed by atoms with E-state index in [0.29, 0.717) is 19.8 Å². The molecule has 6 heteroatoms. The number of nitrogens with zero attached hydrogens (tertiary/aromatic N) is 3. The van der Waals surface area contributed by atoms with Crippen LogP contribution in [0.5, 0.6) is 11.5 Å². The number of para-hydroxylation sites is 1. The molecular formula is C27H39N3O3. The first kappa shape index (κ1) is 25.1. The molecule has 0 saturated heterocycles. The summed E-state index contributed by atoms with van der Waals surface area (Å²) in [4.78, 5) is 19.3. The third-order valence-electron chi connectivity index (χ3n) is 5.81. The van der Waals surface area contributed by atoms with Gasteiger partial charge in [0, 0.05) is 38.3 Å². The van der Waals surface area contributed by atoms with Gasteiger partial charge in [-0.1, -0.05) is 42.5 Å². The van der Waals surface area contributed by atoms with E-state index in [2.05, 4.69) is 35.2 Å². The molecule has 33 heavy (non-hydrogen) atoms. The lowest BCUT2D eigenvalue weighted by atomic mass is 10.1. The SMILES string of the molecule is CCOc1cccc2c1OCCCCCN(C(=O)CN(C)C)CCN(Cc1ccccc1)C2. The molecule has 0 unspecified atom stereocenters. The number of amides is 1. The number of carbonyl (C=O) groups excluding carboxylic acids is 1. The van der Waals surface area contributed by atoms with Crippen molar-refractivity contribution in [2.75, 3.05) is 53.5 Å². The largest absolute Gasteiger partial charge is 0.490 e. The number of hydrogen-bond acceptors (Lipinski definition) is 5. The first-order valence-electron chi connectivity index (χ1n) is 12.1. The van der Waals surface area contributed by atoms with Crippen molar-refractivity contribution in [1.82, 2.24) is 14.7 Å². The minimum atomic E-state index is 0.199. The summed E-state index contributed by atoms with van der Waals surface area (Å²) in [6, 6.07) is 16.7. The first-order chi connectivity index (χ1) is 16.1. The van der Waals surface area contributed by atoms with E-state index in [1.54, 1.807) is 0 Å². The number of hydrogen-bond donors (Lipinski definition) is 0.